The van der Waals surface area contributed by atoms with Crippen LogP contribution in [0.2, 0.25) is 5.02 Å². The van der Waals surface area contributed by atoms with Gasteiger partial charge < -0.3 is 4.74 Å². The predicted molar refractivity (Wildman–Crippen MR) is 62.0 cm³/mol. The predicted octanol–water partition coefficient (Wildman–Crippen LogP) is 1.58. The van der Waals surface area contributed by atoms with E-state index in [4.69, 9.17) is 16.3 Å². The fraction of sp³-hybridized carbons (Fsp3) is 0.300. The molecule has 0 fully saturated rings. The van der Waals surface area contributed by atoms with Crippen LogP contribution in [-0.2, 0) is 9.84 Å². The van der Waals surface area contributed by atoms with E-state index in [1.165, 1.54) is 25.3 Å². The highest BCUT2D eigenvalue weighted by Crippen LogP contribution is 2.25. The average Bonchev–Trinajstić information content (AvgIpc) is 2.15. The first-order valence-corrected chi connectivity index (χ1v) is 6.82. The maximum atomic E-state index is 11.6. The minimum Gasteiger partial charge on any atom is -0.495 e. The summed E-state index contributed by atoms with van der Waals surface area (Å²) in [5.41, 5.74) is 0.270. The molecule has 0 heterocycles. The first kappa shape index (κ1) is 13.0. The van der Waals surface area contributed by atoms with Gasteiger partial charge >= 0.3 is 0 Å². The Kier molecular flexibility index (Phi) is 3.93. The van der Waals surface area contributed by atoms with E-state index in [0.29, 0.717) is 10.8 Å². The van der Waals surface area contributed by atoms with Gasteiger partial charge in [-0.1, -0.05) is 11.6 Å². The third kappa shape index (κ3) is 3.50. The Morgan fingerprint density at radius 3 is 2.56 bits per heavy atom. The highest BCUT2D eigenvalue weighted by molar-refractivity contribution is 7.91. The SMILES string of the molecule is COc1cc(C(=O)CS(C)(=O)=O)ccc1Cl. The van der Waals surface area contributed by atoms with Gasteiger partial charge in [-0.25, -0.2) is 8.42 Å². The summed E-state index contributed by atoms with van der Waals surface area (Å²) in [6, 6.07) is 4.39. The van der Waals surface area contributed by atoms with Gasteiger partial charge in [0.1, 0.15) is 11.5 Å². The van der Waals surface area contributed by atoms with Gasteiger partial charge in [0, 0.05) is 11.8 Å². The maximum Gasteiger partial charge on any atom is 0.177 e. The highest BCUT2D eigenvalue weighted by Gasteiger charge is 2.14. The van der Waals surface area contributed by atoms with E-state index in [2.05, 4.69) is 0 Å². The number of methoxy groups -OCH3 is 1. The molecule has 0 aliphatic carbocycles. The summed E-state index contributed by atoms with van der Waals surface area (Å²) in [5, 5.41) is 0.374. The second-order valence-corrected chi connectivity index (χ2v) is 5.89. The van der Waals surface area contributed by atoms with Crippen molar-refractivity contribution < 1.29 is 17.9 Å². The fourth-order valence-electron chi connectivity index (χ4n) is 1.15. The molecule has 4 nitrogen and oxygen atoms in total. The minimum absolute atomic E-state index is 0.270. The maximum absolute atomic E-state index is 11.6. The summed E-state index contributed by atoms with van der Waals surface area (Å²) in [6.45, 7) is 0. The zero-order valence-corrected chi connectivity index (χ0v) is 10.4. The molecule has 0 unspecified atom stereocenters. The number of carbonyl (C=O) groups is 1. The van der Waals surface area contributed by atoms with Crippen molar-refractivity contribution in [2.45, 2.75) is 0 Å². The Labute approximate surface area is 99.1 Å². The number of ether oxygens (including phenoxy) is 1. The van der Waals surface area contributed by atoms with Crippen LogP contribution in [0.5, 0.6) is 5.75 Å². The molecule has 0 saturated heterocycles. The Balaban J connectivity index is 3.01. The molecular formula is C10H11ClO4S. The number of rotatable bonds is 4. The molecule has 0 aliphatic heterocycles. The van der Waals surface area contributed by atoms with Crippen molar-refractivity contribution in [3.05, 3.63) is 28.8 Å². The molecule has 1 aromatic rings. The van der Waals surface area contributed by atoms with Gasteiger partial charge in [-0.3, -0.25) is 4.79 Å². The third-order valence-corrected chi connectivity index (χ3v) is 2.97. The van der Waals surface area contributed by atoms with Gasteiger partial charge in [0.05, 0.1) is 12.1 Å². The molecule has 0 amide bonds. The molecule has 6 heteroatoms. The second-order valence-electron chi connectivity index (χ2n) is 3.34. The van der Waals surface area contributed by atoms with Crippen LogP contribution in [0.3, 0.4) is 0 Å². The molecule has 0 atom stereocenters. The molecule has 0 radical (unpaired) electrons. The molecular weight excluding hydrogens is 252 g/mol. The van der Waals surface area contributed by atoms with Gasteiger partial charge in [-0.05, 0) is 18.2 Å². The van der Waals surface area contributed by atoms with Crippen molar-refractivity contribution in [2.24, 2.45) is 0 Å². The standard InChI is InChI=1S/C10H11ClO4S/c1-15-10-5-7(3-4-8(10)11)9(12)6-16(2,13)14/h3-5H,6H2,1-2H3. The normalized spacial score (nSPS) is 11.2. The molecule has 0 saturated carbocycles. The number of benzene rings is 1. The minimum atomic E-state index is -3.32. The molecule has 16 heavy (non-hydrogen) atoms. The number of hydrogen-bond acceptors (Lipinski definition) is 4. The molecule has 1 aromatic carbocycles. The fourth-order valence-corrected chi connectivity index (χ4v) is 1.99. The summed E-state index contributed by atoms with van der Waals surface area (Å²) < 4.78 is 26.8. The number of hydrogen-bond donors (Lipinski definition) is 0. The van der Waals surface area contributed by atoms with E-state index in [9.17, 15) is 13.2 Å². The summed E-state index contributed by atoms with van der Waals surface area (Å²) in [7, 11) is -1.90. The van der Waals surface area contributed by atoms with E-state index in [-0.39, 0.29) is 5.56 Å². The van der Waals surface area contributed by atoms with Crippen molar-refractivity contribution in [1.82, 2.24) is 0 Å². The van der Waals surface area contributed by atoms with Crippen LogP contribution in [-0.4, -0.2) is 33.3 Å². The van der Waals surface area contributed by atoms with Crippen molar-refractivity contribution in [3.8, 4) is 5.75 Å². The van der Waals surface area contributed by atoms with E-state index in [1.54, 1.807) is 0 Å². The molecule has 88 valence electrons. The van der Waals surface area contributed by atoms with Crippen LogP contribution >= 0.6 is 11.6 Å². The van der Waals surface area contributed by atoms with E-state index in [0.717, 1.165) is 6.26 Å². The monoisotopic (exact) mass is 262 g/mol. The summed E-state index contributed by atoms with van der Waals surface area (Å²) in [5.74, 6) is -0.642. The second kappa shape index (κ2) is 4.84. The molecule has 0 aliphatic rings. The summed E-state index contributed by atoms with van der Waals surface area (Å²) >= 11 is 5.78. The van der Waals surface area contributed by atoms with E-state index >= 15 is 0 Å². The Morgan fingerprint density at radius 2 is 2.06 bits per heavy atom. The van der Waals surface area contributed by atoms with Gasteiger partial charge in [0.15, 0.2) is 15.6 Å². The first-order valence-electron chi connectivity index (χ1n) is 4.38. The zero-order chi connectivity index (χ0) is 12.3. The lowest BCUT2D eigenvalue weighted by molar-refractivity contribution is 0.102. The third-order valence-electron chi connectivity index (χ3n) is 1.87. The average molecular weight is 263 g/mol. The summed E-state index contributed by atoms with van der Waals surface area (Å²) in [6.07, 6.45) is 1.01. The Morgan fingerprint density at radius 1 is 1.44 bits per heavy atom. The highest BCUT2D eigenvalue weighted by atomic mass is 35.5. The van der Waals surface area contributed by atoms with Crippen molar-refractivity contribution in [3.63, 3.8) is 0 Å². The summed E-state index contributed by atoms with van der Waals surface area (Å²) in [4.78, 5) is 11.6. The molecule has 1 rings (SSSR count). The van der Waals surface area contributed by atoms with Crippen LogP contribution in [0.4, 0.5) is 0 Å². The largest absolute Gasteiger partial charge is 0.495 e. The van der Waals surface area contributed by atoms with Gasteiger partial charge in [0.2, 0.25) is 0 Å². The van der Waals surface area contributed by atoms with E-state index in [1.807, 2.05) is 0 Å². The van der Waals surface area contributed by atoms with Gasteiger partial charge in [0.25, 0.3) is 0 Å². The quantitative estimate of drug-likeness (QED) is 0.773. The first-order chi connectivity index (χ1) is 7.33. The van der Waals surface area contributed by atoms with Crippen LogP contribution in [0, 0.1) is 0 Å². The zero-order valence-electron chi connectivity index (χ0n) is 8.86. The number of halogens is 1. The van der Waals surface area contributed by atoms with Crippen LogP contribution < -0.4 is 4.74 Å². The lowest BCUT2D eigenvalue weighted by atomic mass is 10.1. The van der Waals surface area contributed by atoms with Gasteiger partial charge in [-0.2, -0.15) is 0 Å². The number of ketones is 1. The number of sulfone groups is 1. The van der Waals surface area contributed by atoms with Crippen LogP contribution in [0.25, 0.3) is 0 Å². The topological polar surface area (TPSA) is 60.4 Å². The Bertz CT molecular complexity index is 508. The molecule has 0 spiro atoms. The molecule has 0 aromatic heterocycles. The molecule has 0 bridgehead atoms. The van der Waals surface area contributed by atoms with Crippen LogP contribution in [0.15, 0.2) is 18.2 Å². The smallest absolute Gasteiger partial charge is 0.177 e. The van der Waals surface area contributed by atoms with Crippen molar-refractivity contribution in [1.29, 1.82) is 0 Å². The van der Waals surface area contributed by atoms with E-state index < -0.39 is 21.4 Å². The number of carbonyl (C=O) groups excluding carboxylic acids is 1. The van der Waals surface area contributed by atoms with Gasteiger partial charge in [-0.15, -0.1) is 0 Å². The molecule has 0 N–H and O–H groups in total. The van der Waals surface area contributed by atoms with Crippen molar-refractivity contribution in [2.75, 3.05) is 19.1 Å². The van der Waals surface area contributed by atoms with Crippen LogP contribution in [0.1, 0.15) is 10.4 Å². The van der Waals surface area contributed by atoms with Crippen molar-refractivity contribution >= 4 is 27.2 Å². The Hall–Kier alpha value is -1.07. The number of Topliss-reactive ketones (excluding diaryl/α,β-unsaturated/α-hetero) is 1. The lowest BCUT2D eigenvalue weighted by Crippen LogP contribution is -2.14. The lowest BCUT2D eigenvalue weighted by Gasteiger charge is -2.05.